The number of amides is 1. The number of nitrogens with zero attached hydrogens (tertiary/aromatic N) is 4. The van der Waals surface area contributed by atoms with Crippen molar-refractivity contribution in [3.63, 3.8) is 0 Å². The molecule has 0 fully saturated rings. The molecular weight excluding hydrogens is 246 g/mol. The average Bonchev–Trinajstić information content (AvgIpc) is 2.73. The number of aromatic nitrogens is 4. The molecule has 1 aromatic heterocycles. The monoisotopic (exact) mass is 259 g/mol. The van der Waals surface area contributed by atoms with Crippen LogP contribution in [0.4, 0.5) is 0 Å². The van der Waals surface area contributed by atoms with Crippen LogP contribution in [0.1, 0.15) is 5.82 Å². The van der Waals surface area contributed by atoms with E-state index in [0.29, 0.717) is 0 Å². The topological polar surface area (TPSA) is 150 Å². The van der Waals surface area contributed by atoms with Gasteiger partial charge >= 0.3 is 5.97 Å². The summed E-state index contributed by atoms with van der Waals surface area (Å²) >= 11 is 0. The first-order valence-corrected chi connectivity index (χ1v) is 5.05. The number of aliphatic carboxylic acids is 1. The Bertz CT molecular complexity index is 420. The smallest absolute Gasteiger partial charge is 0.322 e. The van der Waals surface area contributed by atoms with Gasteiger partial charge in [0.2, 0.25) is 5.91 Å². The third kappa shape index (κ3) is 4.43. The number of hydrogen-bond acceptors (Lipinski definition) is 7. The summed E-state index contributed by atoms with van der Waals surface area (Å²) in [6.45, 7) is -0.991. The van der Waals surface area contributed by atoms with Crippen LogP contribution in [0.3, 0.4) is 0 Å². The first kappa shape index (κ1) is 14.0. The summed E-state index contributed by atoms with van der Waals surface area (Å²) in [6.07, 6.45) is -1.24. The molecule has 0 saturated carbocycles. The SMILES string of the molecule is O=C(O)CNC(=O)Cc1nnnn1CC(O)CO. The predicted molar refractivity (Wildman–Crippen MR) is 55.3 cm³/mol. The van der Waals surface area contributed by atoms with Crippen molar-refractivity contribution in [1.82, 2.24) is 25.5 Å². The molecule has 10 heteroatoms. The Balaban J connectivity index is 2.54. The van der Waals surface area contributed by atoms with Crippen LogP contribution in [0.15, 0.2) is 0 Å². The number of aliphatic hydroxyl groups excluding tert-OH is 2. The van der Waals surface area contributed by atoms with Gasteiger partial charge in [-0.3, -0.25) is 9.59 Å². The summed E-state index contributed by atoms with van der Waals surface area (Å²) < 4.78 is 1.17. The van der Waals surface area contributed by atoms with Gasteiger partial charge in [0.1, 0.15) is 6.54 Å². The molecule has 0 radical (unpaired) electrons. The van der Waals surface area contributed by atoms with Gasteiger partial charge in [0.25, 0.3) is 0 Å². The van der Waals surface area contributed by atoms with Crippen molar-refractivity contribution in [3.05, 3.63) is 5.82 Å². The molecule has 1 atom stereocenters. The maximum Gasteiger partial charge on any atom is 0.322 e. The van der Waals surface area contributed by atoms with Crippen molar-refractivity contribution in [1.29, 1.82) is 0 Å². The maximum absolute atomic E-state index is 11.3. The fraction of sp³-hybridized carbons (Fsp3) is 0.625. The van der Waals surface area contributed by atoms with E-state index in [1.807, 2.05) is 0 Å². The Morgan fingerprint density at radius 2 is 2.17 bits per heavy atom. The molecule has 0 aliphatic carbocycles. The van der Waals surface area contributed by atoms with Crippen LogP contribution in [0.25, 0.3) is 0 Å². The highest BCUT2D eigenvalue weighted by Gasteiger charge is 2.14. The quantitative estimate of drug-likeness (QED) is 0.399. The molecule has 1 amide bonds. The van der Waals surface area contributed by atoms with E-state index in [4.69, 9.17) is 10.2 Å². The second-order valence-electron chi connectivity index (χ2n) is 3.46. The number of nitrogens with one attached hydrogen (secondary N) is 1. The zero-order valence-electron chi connectivity index (χ0n) is 9.35. The van der Waals surface area contributed by atoms with E-state index in [2.05, 4.69) is 20.8 Å². The predicted octanol–water partition coefficient (Wildman–Crippen LogP) is -3.23. The molecular formula is C8H13N5O5. The maximum atomic E-state index is 11.3. The minimum atomic E-state index is -1.15. The van der Waals surface area contributed by atoms with E-state index in [-0.39, 0.29) is 18.8 Å². The van der Waals surface area contributed by atoms with Crippen molar-refractivity contribution >= 4 is 11.9 Å². The summed E-state index contributed by atoms with van der Waals surface area (Å²) in [4.78, 5) is 21.6. The molecule has 1 aromatic rings. The van der Waals surface area contributed by atoms with Gasteiger partial charge in [0, 0.05) is 0 Å². The Labute approximate surface area is 101 Å². The Kier molecular flexibility index (Phi) is 5.14. The number of carbonyl (C=O) groups excluding carboxylic acids is 1. The second-order valence-corrected chi connectivity index (χ2v) is 3.46. The number of hydrogen-bond donors (Lipinski definition) is 4. The standard InChI is InChI=1S/C8H13N5O5/c14-4-5(15)3-13-6(10-11-12-13)1-7(16)9-2-8(17)18/h5,14-15H,1-4H2,(H,9,16)(H,17,18). The van der Waals surface area contributed by atoms with E-state index in [9.17, 15) is 14.7 Å². The van der Waals surface area contributed by atoms with E-state index >= 15 is 0 Å². The molecule has 0 aromatic carbocycles. The average molecular weight is 259 g/mol. The summed E-state index contributed by atoms with van der Waals surface area (Å²) in [5, 5.41) is 38.9. The van der Waals surface area contributed by atoms with Crippen LogP contribution >= 0.6 is 0 Å². The molecule has 1 unspecified atom stereocenters. The molecule has 100 valence electrons. The van der Waals surface area contributed by atoms with Crippen molar-refractivity contribution in [2.45, 2.75) is 19.1 Å². The first-order chi connectivity index (χ1) is 8.52. The fourth-order valence-corrected chi connectivity index (χ4v) is 1.13. The Morgan fingerprint density at radius 3 is 2.78 bits per heavy atom. The van der Waals surface area contributed by atoms with Crippen LogP contribution in [0, 0.1) is 0 Å². The minimum Gasteiger partial charge on any atom is -0.480 e. The molecule has 0 saturated heterocycles. The highest BCUT2D eigenvalue weighted by Crippen LogP contribution is 1.96. The summed E-state index contributed by atoms with van der Waals surface area (Å²) in [6, 6.07) is 0. The zero-order valence-corrected chi connectivity index (χ0v) is 9.35. The first-order valence-electron chi connectivity index (χ1n) is 5.05. The third-order valence-electron chi connectivity index (χ3n) is 1.96. The van der Waals surface area contributed by atoms with Crippen molar-refractivity contribution < 1.29 is 24.9 Å². The molecule has 4 N–H and O–H groups in total. The highest BCUT2D eigenvalue weighted by molar-refractivity contribution is 5.82. The number of tetrazole rings is 1. The van der Waals surface area contributed by atoms with Crippen molar-refractivity contribution in [2.24, 2.45) is 0 Å². The Morgan fingerprint density at radius 1 is 1.44 bits per heavy atom. The van der Waals surface area contributed by atoms with Gasteiger partial charge < -0.3 is 20.6 Å². The van der Waals surface area contributed by atoms with Gasteiger partial charge in [-0.2, -0.15) is 0 Å². The van der Waals surface area contributed by atoms with E-state index in [0.717, 1.165) is 0 Å². The van der Waals surface area contributed by atoms with Crippen LogP contribution < -0.4 is 5.32 Å². The fourth-order valence-electron chi connectivity index (χ4n) is 1.13. The van der Waals surface area contributed by atoms with Crippen LogP contribution in [-0.2, 0) is 22.6 Å². The normalized spacial score (nSPS) is 12.1. The number of carbonyl (C=O) groups is 2. The molecule has 0 aliphatic heterocycles. The lowest BCUT2D eigenvalue weighted by molar-refractivity contribution is -0.137. The number of aliphatic hydroxyl groups is 2. The lowest BCUT2D eigenvalue weighted by atomic mass is 10.3. The number of carboxylic acids is 1. The van der Waals surface area contributed by atoms with E-state index in [1.54, 1.807) is 0 Å². The summed E-state index contributed by atoms with van der Waals surface area (Å²) in [7, 11) is 0. The lowest BCUT2D eigenvalue weighted by Crippen LogP contribution is -2.32. The largest absolute Gasteiger partial charge is 0.480 e. The lowest BCUT2D eigenvalue weighted by Gasteiger charge is -2.08. The molecule has 0 aliphatic rings. The van der Waals surface area contributed by atoms with Gasteiger partial charge in [-0.1, -0.05) is 0 Å². The molecule has 1 rings (SSSR count). The molecule has 0 bridgehead atoms. The van der Waals surface area contributed by atoms with Crippen molar-refractivity contribution in [2.75, 3.05) is 13.2 Å². The van der Waals surface area contributed by atoms with Gasteiger partial charge in [0.15, 0.2) is 5.82 Å². The summed E-state index contributed by atoms with van der Waals surface area (Å²) in [5.41, 5.74) is 0. The van der Waals surface area contributed by atoms with Gasteiger partial charge in [-0.05, 0) is 10.4 Å². The van der Waals surface area contributed by atoms with Gasteiger partial charge in [-0.25, -0.2) is 4.68 Å². The van der Waals surface area contributed by atoms with Crippen LogP contribution in [0.2, 0.25) is 0 Å². The van der Waals surface area contributed by atoms with Crippen molar-refractivity contribution in [3.8, 4) is 0 Å². The molecule has 10 nitrogen and oxygen atoms in total. The van der Waals surface area contributed by atoms with Gasteiger partial charge in [0.05, 0.1) is 25.7 Å². The van der Waals surface area contributed by atoms with Gasteiger partial charge in [-0.15, -0.1) is 5.10 Å². The number of carboxylic acid groups (broad SMARTS) is 1. The van der Waals surface area contributed by atoms with E-state index in [1.165, 1.54) is 4.68 Å². The zero-order chi connectivity index (χ0) is 13.5. The minimum absolute atomic E-state index is 0.0506. The molecule has 18 heavy (non-hydrogen) atoms. The Hall–Kier alpha value is -2.07. The number of rotatable bonds is 7. The third-order valence-corrected chi connectivity index (χ3v) is 1.96. The molecule has 1 heterocycles. The van der Waals surface area contributed by atoms with E-state index < -0.39 is 31.1 Å². The van der Waals surface area contributed by atoms with Crippen LogP contribution in [-0.4, -0.2) is 66.7 Å². The highest BCUT2D eigenvalue weighted by atomic mass is 16.4. The summed E-state index contributed by atoms with van der Waals surface area (Å²) in [5.74, 6) is -1.53. The second kappa shape index (κ2) is 6.61. The van der Waals surface area contributed by atoms with Crippen LogP contribution in [0.5, 0.6) is 0 Å². The molecule has 0 spiro atoms.